The molecule has 2 aromatic rings. The minimum Gasteiger partial charge on any atom is -0.331 e. The van der Waals surface area contributed by atoms with Gasteiger partial charge in [-0.15, -0.1) is 11.8 Å². The maximum atomic E-state index is 13.6. The Labute approximate surface area is 176 Å². The van der Waals surface area contributed by atoms with Gasteiger partial charge in [0.25, 0.3) is 0 Å². The first kappa shape index (κ1) is 22.2. The molecule has 1 fully saturated rings. The second-order valence-corrected chi connectivity index (χ2v) is 9.85. The van der Waals surface area contributed by atoms with Crippen LogP contribution in [0.3, 0.4) is 0 Å². The Morgan fingerprint density at radius 2 is 1.90 bits per heavy atom. The van der Waals surface area contributed by atoms with Crippen molar-refractivity contribution in [1.82, 2.24) is 10.6 Å². The Hall–Kier alpha value is -2.50. The number of sulfone groups is 1. The van der Waals surface area contributed by atoms with Gasteiger partial charge in [-0.25, -0.2) is 17.2 Å². The summed E-state index contributed by atoms with van der Waals surface area (Å²) in [7, 11) is -3.87. The van der Waals surface area contributed by atoms with Gasteiger partial charge in [0, 0.05) is 12.6 Å². The summed E-state index contributed by atoms with van der Waals surface area (Å²) in [5.41, 5.74) is -0.0939. The van der Waals surface area contributed by atoms with E-state index >= 15 is 0 Å². The van der Waals surface area contributed by atoms with Crippen LogP contribution in [0.5, 0.6) is 0 Å². The van der Waals surface area contributed by atoms with Crippen LogP contribution < -0.4 is 16.0 Å². The molecule has 2 amide bonds. The Morgan fingerprint density at radius 3 is 2.57 bits per heavy atom. The van der Waals surface area contributed by atoms with Gasteiger partial charge in [-0.2, -0.15) is 0 Å². The molecule has 2 aromatic carbocycles. The fourth-order valence-electron chi connectivity index (χ4n) is 2.76. The van der Waals surface area contributed by atoms with Gasteiger partial charge in [-0.3, -0.25) is 14.9 Å². The van der Waals surface area contributed by atoms with E-state index in [-0.39, 0.29) is 22.9 Å². The number of hydrogen-bond donors (Lipinski definition) is 3. The summed E-state index contributed by atoms with van der Waals surface area (Å²) in [5, 5.41) is 6.33. The molecular formula is C19H19F2N3O4S2. The molecule has 0 bridgehead atoms. The van der Waals surface area contributed by atoms with Crippen LogP contribution in [0.15, 0.2) is 47.4 Å². The highest BCUT2D eigenvalue weighted by atomic mass is 32.2. The summed E-state index contributed by atoms with van der Waals surface area (Å²) < 4.78 is 52.2. The number of anilines is 1. The number of halogens is 2. The van der Waals surface area contributed by atoms with Crippen LogP contribution in [0.4, 0.5) is 14.5 Å². The lowest BCUT2D eigenvalue weighted by Crippen LogP contribution is -2.59. The number of nitrogens with one attached hydrogen (secondary N) is 3. The molecule has 1 aliphatic rings. The van der Waals surface area contributed by atoms with Crippen LogP contribution >= 0.6 is 11.8 Å². The number of aryl methyl sites for hydroxylation is 1. The van der Waals surface area contributed by atoms with Crippen LogP contribution in [0.25, 0.3) is 0 Å². The van der Waals surface area contributed by atoms with Crippen LogP contribution in [0, 0.1) is 18.6 Å². The van der Waals surface area contributed by atoms with Crippen LogP contribution in [-0.2, 0) is 19.4 Å². The highest BCUT2D eigenvalue weighted by molar-refractivity contribution is 8.00. The predicted octanol–water partition coefficient (Wildman–Crippen LogP) is 1.79. The standard InChI is InChI=1S/C19H19F2N3O4S2/c1-11-2-5-13(6-3-11)30(27,28)16-9-22-19(24-18(16)26)29-10-17(25)23-15-8-12(20)4-7-14(15)21/h2-8,16,19,22H,9-10H2,1H3,(H,23,25)(H,24,26). The quantitative estimate of drug-likeness (QED) is 0.614. The van der Waals surface area contributed by atoms with E-state index in [9.17, 15) is 26.8 Å². The largest absolute Gasteiger partial charge is 0.331 e. The summed E-state index contributed by atoms with van der Waals surface area (Å²) in [5.74, 6) is -2.92. The van der Waals surface area contributed by atoms with Crippen molar-refractivity contribution in [2.75, 3.05) is 17.6 Å². The van der Waals surface area contributed by atoms with Crippen LogP contribution in [-0.4, -0.2) is 43.3 Å². The first-order valence-electron chi connectivity index (χ1n) is 8.87. The SMILES string of the molecule is Cc1ccc(S(=O)(=O)C2CNC(SCC(=O)Nc3cc(F)ccc3F)NC2=O)cc1. The summed E-state index contributed by atoms with van der Waals surface area (Å²) >= 11 is 0.983. The number of thioether (sulfide) groups is 1. The Kier molecular flexibility index (Phi) is 6.74. The van der Waals surface area contributed by atoms with Crippen molar-refractivity contribution in [3.63, 3.8) is 0 Å². The highest BCUT2D eigenvalue weighted by Crippen LogP contribution is 2.21. The van der Waals surface area contributed by atoms with Crippen molar-refractivity contribution in [3.8, 4) is 0 Å². The maximum absolute atomic E-state index is 13.6. The molecule has 1 heterocycles. The van der Waals surface area contributed by atoms with E-state index in [1.54, 1.807) is 12.1 Å². The van der Waals surface area contributed by atoms with E-state index < -0.39 is 44.0 Å². The smallest absolute Gasteiger partial charge is 0.241 e. The number of carbonyl (C=O) groups is 2. The van der Waals surface area contributed by atoms with Crippen LogP contribution in [0.1, 0.15) is 5.56 Å². The number of carbonyl (C=O) groups excluding carboxylic acids is 2. The maximum Gasteiger partial charge on any atom is 0.241 e. The Morgan fingerprint density at radius 1 is 1.20 bits per heavy atom. The van der Waals surface area contributed by atoms with Gasteiger partial charge in [0.15, 0.2) is 15.1 Å². The van der Waals surface area contributed by atoms with Gasteiger partial charge in [-0.05, 0) is 31.2 Å². The molecule has 2 atom stereocenters. The van der Waals surface area contributed by atoms with Gasteiger partial charge < -0.3 is 10.6 Å². The molecule has 30 heavy (non-hydrogen) atoms. The van der Waals surface area contributed by atoms with Crippen molar-refractivity contribution in [2.45, 2.75) is 22.6 Å². The second kappa shape index (κ2) is 9.11. The van der Waals surface area contributed by atoms with E-state index in [2.05, 4.69) is 16.0 Å². The summed E-state index contributed by atoms with van der Waals surface area (Å²) in [6, 6.07) is 8.90. The van der Waals surface area contributed by atoms with E-state index in [1.165, 1.54) is 12.1 Å². The van der Waals surface area contributed by atoms with Crippen LogP contribution in [0.2, 0.25) is 0 Å². The zero-order chi connectivity index (χ0) is 21.9. The lowest BCUT2D eigenvalue weighted by molar-refractivity contribution is -0.122. The van der Waals surface area contributed by atoms with Gasteiger partial charge in [0.05, 0.1) is 16.3 Å². The number of amides is 2. The van der Waals surface area contributed by atoms with Gasteiger partial charge >= 0.3 is 0 Å². The molecule has 3 N–H and O–H groups in total. The van der Waals surface area contributed by atoms with Crippen molar-refractivity contribution in [2.24, 2.45) is 0 Å². The number of hydrogen-bond acceptors (Lipinski definition) is 6. The summed E-state index contributed by atoms with van der Waals surface area (Å²) in [4.78, 5) is 24.4. The van der Waals surface area contributed by atoms with E-state index in [0.29, 0.717) is 0 Å². The molecule has 0 spiro atoms. The molecule has 7 nitrogen and oxygen atoms in total. The molecule has 0 aromatic heterocycles. The molecule has 3 rings (SSSR count). The van der Waals surface area contributed by atoms with Gasteiger partial charge in [0.2, 0.25) is 11.8 Å². The molecule has 160 valence electrons. The third kappa shape index (κ3) is 5.15. The lowest BCUT2D eigenvalue weighted by Gasteiger charge is -2.29. The Balaban J connectivity index is 1.55. The minimum absolute atomic E-state index is 0.0534. The van der Waals surface area contributed by atoms with E-state index in [0.717, 1.165) is 35.5 Å². The van der Waals surface area contributed by atoms with Gasteiger partial charge in [0.1, 0.15) is 17.1 Å². The molecule has 2 unspecified atom stereocenters. The fourth-order valence-corrected chi connectivity index (χ4v) is 5.08. The minimum atomic E-state index is -3.87. The fraction of sp³-hybridized carbons (Fsp3) is 0.263. The number of rotatable bonds is 6. The Bertz CT molecular complexity index is 1060. The summed E-state index contributed by atoms with van der Waals surface area (Å²) in [6.07, 6.45) is 0. The van der Waals surface area contributed by atoms with Crippen molar-refractivity contribution in [1.29, 1.82) is 0 Å². The monoisotopic (exact) mass is 455 g/mol. The average molecular weight is 456 g/mol. The number of benzene rings is 2. The average Bonchev–Trinajstić information content (AvgIpc) is 2.69. The van der Waals surface area contributed by atoms with Gasteiger partial charge in [-0.1, -0.05) is 17.7 Å². The molecule has 11 heteroatoms. The first-order chi connectivity index (χ1) is 14.2. The zero-order valence-corrected chi connectivity index (χ0v) is 17.4. The lowest BCUT2D eigenvalue weighted by atomic mass is 10.2. The van der Waals surface area contributed by atoms with E-state index in [1.807, 2.05) is 6.92 Å². The molecule has 0 saturated carbocycles. The molecule has 1 saturated heterocycles. The van der Waals surface area contributed by atoms with E-state index in [4.69, 9.17) is 0 Å². The predicted molar refractivity (Wildman–Crippen MR) is 110 cm³/mol. The van der Waals surface area contributed by atoms with Crippen molar-refractivity contribution in [3.05, 3.63) is 59.7 Å². The first-order valence-corrected chi connectivity index (χ1v) is 11.5. The second-order valence-electron chi connectivity index (χ2n) is 6.63. The molecule has 1 aliphatic heterocycles. The topological polar surface area (TPSA) is 104 Å². The molecular weight excluding hydrogens is 436 g/mol. The van der Waals surface area contributed by atoms with Crippen molar-refractivity contribution >= 4 is 39.1 Å². The normalized spacial score (nSPS) is 19.2. The van der Waals surface area contributed by atoms with Crippen molar-refractivity contribution < 1.29 is 26.8 Å². The third-order valence-electron chi connectivity index (χ3n) is 4.36. The highest BCUT2D eigenvalue weighted by Gasteiger charge is 2.38. The third-order valence-corrected chi connectivity index (χ3v) is 7.47. The molecule has 0 radical (unpaired) electrons. The summed E-state index contributed by atoms with van der Waals surface area (Å²) in [6.45, 7) is 1.70. The zero-order valence-electron chi connectivity index (χ0n) is 15.8. The molecule has 0 aliphatic carbocycles.